The third-order valence-electron chi connectivity index (χ3n) is 2.42. The Hall–Kier alpha value is -0.930. The summed E-state index contributed by atoms with van der Waals surface area (Å²) in [5.41, 5.74) is -1.04. The van der Waals surface area contributed by atoms with Crippen LogP contribution in [0.25, 0.3) is 0 Å². The average Bonchev–Trinajstić information content (AvgIpc) is 2.01. The summed E-state index contributed by atoms with van der Waals surface area (Å²) in [5, 5.41) is 0. The molecule has 0 amide bonds. The molecule has 2 nitrogen and oxygen atoms in total. The smallest absolute Gasteiger partial charge is 0.303 e. The SMILES string of the molecule is CC(=O)OC1(C=C(F)F)CCCCC1. The Kier molecular flexibility index (Phi) is 3.61. The second kappa shape index (κ2) is 4.53. The zero-order valence-electron chi connectivity index (χ0n) is 8.19. The number of carbonyl (C=O) groups is 1. The molecule has 0 aromatic heterocycles. The summed E-state index contributed by atoms with van der Waals surface area (Å²) in [4.78, 5) is 10.8. The predicted molar refractivity (Wildman–Crippen MR) is 47.9 cm³/mol. The van der Waals surface area contributed by atoms with Gasteiger partial charge in [-0.25, -0.2) is 0 Å². The molecule has 1 aliphatic rings. The highest BCUT2D eigenvalue weighted by molar-refractivity contribution is 5.66. The maximum Gasteiger partial charge on any atom is 0.303 e. The summed E-state index contributed by atoms with van der Waals surface area (Å²) in [6, 6.07) is 0. The van der Waals surface area contributed by atoms with Gasteiger partial charge >= 0.3 is 5.97 Å². The first-order valence-electron chi connectivity index (χ1n) is 4.77. The minimum Gasteiger partial charge on any atom is -0.455 e. The highest BCUT2D eigenvalue weighted by atomic mass is 19.3. The molecule has 0 radical (unpaired) electrons. The lowest BCUT2D eigenvalue weighted by Gasteiger charge is -2.33. The van der Waals surface area contributed by atoms with Gasteiger partial charge in [0.15, 0.2) is 0 Å². The van der Waals surface area contributed by atoms with Crippen LogP contribution in [0.2, 0.25) is 0 Å². The van der Waals surface area contributed by atoms with E-state index in [-0.39, 0.29) is 0 Å². The third kappa shape index (κ3) is 3.09. The molecule has 0 spiro atoms. The van der Waals surface area contributed by atoms with E-state index in [2.05, 4.69) is 0 Å². The summed E-state index contributed by atoms with van der Waals surface area (Å²) >= 11 is 0. The van der Waals surface area contributed by atoms with Crippen LogP contribution in [0, 0.1) is 0 Å². The minimum atomic E-state index is -1.77. The Balaban J connectivity index is 2.77. The number of hydrogen-bond donors (Lipinski definition) is 0. The lowest BCUT2D eigenvalue weighted by molar-refractivity contribution is -0.155. The summed E-state index contributed by atoms with van der Waals surface area (Å²) in [5.74, 6) is -0.496. The van der Waals surface area contributed by atoms with E-state index in [1.165, 1.54) is 6.92 Å². The molecule has 4 heteroatoms. The van der Waals surface area contributed by atoms with Crippen LogP contribution in [-0.4, -0.2) is 11.6 Å². The molecule has 0 heterocycles. The molecule has 0 bridgehead atoms. The molecule has 1 rings (SSSR count). The van der Waals surface area contributed by atoms with Gasteiger partial charge < -0.3 is 4.74 Å². The number of hydrogen-bond acceptors (Lipinski definition) is 2. The monoisotopic (exact) mass is 204 g/mol. The van der Waals surface area contributed by atoms with E-state index in [1.54, 1.807) is 0 Å². The Morgan fingerprint density at radius 1 is 1.29 bits per heavy atom. The van der Waals surface area contributed by atoms with Crippen molar-refractivity contribution in [2.45, 2.75) is 44.6 Å². The van der Waals surface area contributed by atoms with E-state index >= 15 is 0 Å². The van der Waals surface area contributed by atoms with Crippen molar-refractivity contribution >= 4 is 5.97 Å². The zero-order valence-corrected chi connectivity index (χ0v) is 8.19. The fraction of sp³-hybridized carbons (Fsp3) is 0.700. The number of halogens is 2. The van der Waals surface area contributed by atoms with Crippen molar-refractivity contribution < 1.29 is 18.3 Å². The summed E-state index contributed by atoms with van der Waals surface area (Å²) in [7, 11) is 0. The zero-order chi connectivity index (χ0) is 10.6. The third-order valence-corrected chi connectivity index (χ3v) is 2.42. The van der Waals surface area contributed by atoms with E-state index in [0.29, 0.717) is 12.8 Å². The first kappa shape index (κ1) is 11.1. The van der Waals surface area contributed by atoms with Crippen LogP contribution in [0.15, 0.2) is 12.2 Å². The molecular weight excluding hydrogens is 190 g/mol. The van der Waals surface area contributed by atoms with Crippen LogP contribution >= 0.6 is 0 Å². The molecule has 0 aromatic rings. The molecule has 0 N–H and O–H groups in total. The lowest BCUT2D eigenvalue weighted by Crippen LogP contribution is -2.34. The molecule has 1 fully saturated rings. The minimum absolute atomic E-state index is 0.496. The Labute approximate surface area is 81.9 Å². The van der Waals surface area contributed by atoms with Gasteiger partial charge in [0.2, 0.25) is 0 Å². The number of rotatable bonds is 2. The van der Waals surface area contributed by atoms with Crippen molar-refractivity contribution in [1.29, 1.82) is 0 Å². The van der Waals surface area contributed by atoms with Crippen molar-refractivity contribution in [1.82, 2.24) is 0 Å². The van der Waals surface area contributed by atoms with Crippen molar-refractivity contribution in [2.24, 2.45) is 0 Å². The Bertz CT molecular complexity index is 239. The molecule has 1 saturated carbocycles. The van der Waals surface area contributed by atoms with Crippen molar-refractivity contribution in [3.63, 3.8) is 0 Å². The average molecular weight is 204 g/mol. The molecule has 0 saturated heterocycles. The first-order chi connectivity index (χ1) is 6.54. The quantitative estimate of drug-likeness (QED) is 0.646. The lowest BCUT2D eigenvalue weighted by atomic mass is 9.84. The molecule has 0 aliphatic heterocycles. The van der Waals surface area contributed by atoms with Gasteiger partial charge in [-0.05, 0) is 25.7 Å². The van der Waals surface area contributed by atoms with Crippen LogP contribution in [0.1, 0.15) is 39.0 Å². The Morgan fingerprint density at radius 2 is 1.86 bits per heavy atom. The van der Waals surface area contributed by atoms with Gasteiger partial charge in [0.25, 0.3) is 6.08 Å². The van der Waals surface area contributed by atoms with Crippen LogP contribution in [0.4, 0.5) is 8.78 Å². The van der Waals surface area contributed by atoms with Gasteiger partial charge in [-0.1, -0.05) is 6.42 Å². The second-order valence-electron chi connectivity index (χ2n) is 3.65. The maximum absolute atomic E-state index is 12.2. The molecule has 80 valence electrons. The summed E-state index contributed by atoms with van der Waals surface area (Å²) < 4.78 is 29.4. The fourth-order valence-corrected chi connectivity index (χ4v) is 1.91. The van der Waals surface area contributed by atoms with Gasteiger partial charge in [-0.15, -0.1) is 0 Å². The molecular formula is C10H14F2O2. The van der Waals surface area contributed by atoms with Gasteiger partial charge in [0, 0.05) is 13.0 Å². The molecule has 0 aromatic carbocycles. The number of esters is 1. The van der Waals surface area contributed by atoms with E-state index in [4.69, 9.17) is 4.74 Å². The van der Waals surface area contributed by atoms with Crippen molar-refractivity contribution in [3.8, 4) is 0 Å². The molecule has 1 aliphatic carbocycles. The van der Waals surface area contributed by atoms with Crippen LogP contribution in [0.3, 0.4) is 0 Å². The highest BCUT2D eigenvalue weighted by Crippen LogP contribution is 2.34. The van der Waals surface area contributed by atoms with E-state index < -0.39 is 17.7 Å². The standard InChI is InChI=1S/C10H14F2O2/c1-8(13)14-10(7-9(11)12)5-3-2-4-6-10/h7H,2-6H2,1H3. The van der Waals surface area contributed by atoms with Gasteiger partial charge in [0.1, 0.15) is 5.60 Å². The van der Waals surface area contributed by atoms with Gasteiger partial charge in [-0.3, -0.25) is 4.79 Å². The molecule has 0 atom stereocenters. The topological polar surface area (TPSA) is 26.3 Å². The maximum atomic E-state index is 12.2. The van der Waals surface area contributed by atoms with Crippen LogP contribution < -0.4 is 0 Å². The van der Waals surface area contributed by atoms with E-state index in [1.807, 2.05) is 0 Å². The van der Waals surface area contributed by atoms with E-state index in [9.17, 15) is 13.6 Å². The number of carbonyl (C=O) groups excluding carboxylic acids is 1. The largest absolute Gasteiger partial charge is 0.455 e. The van der Waals surface area contributed by atoms with Gasteiger partial charge in [-0.2, -0.15) is 8.78 Å². The highest BCUT2D eigenvalue weighted by Gasteiger charge is 2.34. The summed E-state index contributed by atoms with van der Waals surface area (Å²) in [6.07, 6.45) is 2.70. The van der Waals surface area contributed by atoms with Crippen molar-refractivity contribution in [3.05, 3.63) is 12.2 Å². The fourth-order valence-electron chi connectivity index (χ4n) is 1.91. The van der Waals surface area contributed by atoms with E-state index in [0.717, 1.165) is 25.3 Å². The van der Waals surface area contributed by atoms with Gasteiger partial charge in [0.05, 0.1) is 0 Å². The molecule has 14 heavy (non-hydrogen) atoms. The summed E-state index contributed by atoms with van der Waals surface area (Å²) in [6.45, 7) is 1.25. The molecule has 0 unspecified atom stereocenters. The number of ether oxygens (including phenoxy) is 1. The van der Waals surface area contributed by atoms with Crippen LogP contribution in [-0.2, 0) is 9.53 Å². The first-order valence-corrected chi connectivity index (χ1v) is 4.77. The Morgan fingerprint density at radius 3 is 2.29 bits per heavy atom. The predicted octanol–water partition coefficient (Wildman–Crippen LogP) is 3.03. The normalized spacial score (nSPS) is 19.9. The van der Waals surface area contributed by atoms with Crippen molar-refractivity contribution in [2.75, 3.05) is 0 Å². The van der Waals surface area contributed by atoms with Crippen LogP contribution in [0.5, 0.6) is 0 Å². The second-order valence-corrected chi connectivity index (χ2v) is 3.65.